The van der Waals surface area contributed by atoms with Crippen molar-refractivity contribution in [3.05, 3.63) is 130 Å². The van der Waals surface area contributed by atoms with E-state index in [0.29, 0.717) is 18.6 Å². The highest BCUT2D eigenvalue weighted by atomic mass is 79.9. The minimum atomic E-state index is -0.673. The summed E-state index contributed by atoms with van der Waals surface area (Å²) in [6.07, 6.45) is 3.81. The van der Waals surface area contributed by atoms with Crippen molar-refractivity contribution in [2.75, 3.05) is 0 Å². The molecule has 1 aliphatic carbocycles. The molecule has 0 spiro atoms. The second kappa shape index (κ2) is 13.1. The van der Waals surface area contributed by atoms with Crippen LogP contribution in [0.2, 0.25) is 0 Å². The predicted octanol–water partition coefficient (Wildman–Crippen LogP) is 9.08. The first-order chi connectivity index (χ1) is 18.3. The molecule has 4 aromatic rings. The lowest BCUT2D eigenvalue weighted by atomic mass is 9.69. The Morgan fingerprint density at radius 3 is 1.47 bits per heavy atom. The summed E-state index contributed by atoms with van der Waals surface area (Å²) >= 11 is 3.39. The van der Waals surface area contributed by atoms with Crippen LogP contribution in [-0.4, -0.2) is 5.11 Å². The molecular weight excluding hydrogens is 536 g/mol. The van der Waals surface area contributed by atoms with Crippen LogP contribution in [0.5, 0.6) is 11.5 Å². The van der Waals surface area contributed by atoms with E-state index in [9.17, 15) is 5.11 Å². The van der Waals surface area contributed by atoms with Crippen molar-refractivity contribution >= 4 is 15.9 Å². The zero-order valence-electron chi connectivity index (χ0n) is 22.3. The van der Waals surface area contributed by atoms with Crippen molar-refractivity contribution in [2.24, 2.45) is 5.41 Å². The van der Waals surface area contributed by atoms with E-state index in [-0.39, 0.29) is 0 Å². The van der Waals surface area contributed by atoms with Crippen LogP contribution in [0.15, 0.2) is 114 Å². The average Bonchev–Trinajstić information content (AvgIpc) is 2.95. The molecule has 0 bridgehead atoms. The van der Waals surface area contributed by atoms with E-state index in [0.717, 1.165) is 52.8 Å². The zero-order valence-corrected chi connectivity index (χ0v) is 23.9. The lowest BCUT2D eigenvalue weighted by Crippen LogP contribution is -2.34. The summed E-state index contributed by atoms with van der Waals surface area (Å²) in [5.74, 6) is 1.74. The van der Waals surface area contributed by atoms with Crippen LogP contribution in [0.1, 0.15) is 56.2 Å². The van der Waals surface area contributed by atoms with E-state index in [1.54, 1.807) is 0 Å². The maximum Gasteiger partial charge on any atom is 0.119 e. The van der Waals surface area contributed by atoms with Crippen LogP contribution in [0.3, 0.4) is 0 Å². The third-order valence-corrected chi connectivity index (χ3v) is 7.66. The first-order valence-corrected chi connectivity index (χ1v) is 14.0. The first-order valence-electron chi connectivity index (χ1n) is 13.2. The third kappa shape index (κ3) is 8.47. The molecule has 0 heterocycles. The van der Waals surface area contributed by atoms with Gasteiger partial charge in [0, 0.05) is 4.47 Å². The molecule has 1 aliphatic rings. The Labute approximate surface area is 235 Å². The summed E-state index contributed by atoms with van der Waals surface area (Å²) in [6.45, 7) is 5.75. The largest absolute Gasteiger partial charge is 0.489 e. The molecular formula is C34H37BrO3. The molecule has 38 heavy (non-hydrogen) atoms. The molecule has 0 aromatic heterocycles. The summed E-state index contributed by atoms with van der Waals surface area (Å²) in [7, 11) is 0. The number of rotatable bonds is 7. The van der Waals surface area contributed by atoms with Gasteiger partial charge in [-0.25, -0.2) is 0 Å². The van der Waals surface area contributed by atoms with Gasteiger partial charge in [0.2, 0.25) is 0 Å². The summed E-state index contributed by atoms with van der Waals surface area (Å²) in [5.41, 5.74) is 3.03. The molecule has 4 heteroatoms. The molecule has 0 atom stereocenters. The van der Waals surface area contributed by atoms with Crippen LogP contribution in [0, 0.1) is 5.41 Å². The van der Waals surface area contributed by atoms with E-state index in [2.05, 4.69) is 54.0 Å². The summed E-state index contributed by atoms with van der Waals surface area (Å²) < 4.78 is 12.5. The van der Waals surface area contributed by atoms with Gasteiger partial charge in [0.1, 0.15) is 24.7 Å². The lowest BCUT2D eigenvalue weighted by Gasteiger charge is -2.40. The number of hydrogen-bond acceptors (Lipinski definition) is 3. The summed E-state index contributed by atoms with van der Waals surface area (Å²) in [5, 5.41) is 10.9. The molecule has 0 aliphatic heterocycles. The van der Waals surface area contributed by atoms with Crippen molar-refractivity contribution in [1.82, 2.24) is 0 Å². The Balaban J connectivity index is 0.000000194. The third-order valence-electron chi connectivity index (χ3n) is 7.13. The van der Waals surface area contributed by atoms with Gasteiger partial charge < -0.3 is 14.6 Å². The minimum absolute atomic E-state index is 0.352. The number of hydrogen-bond donors (Lipinski definition) is 1. The van der Waals surface area contributed by atoms with Gasteiger partial charge in [-0.15, -0.1) is 0 Å². The summed E-state index contributed by atoms with van der Waals surface area (Å²) in [6, 6.07) is 36.1. The van der Waals surface area contributed by atoms with Gasteiger partial charge in [-0.3, -0.25) is 0 Å². The van der Waals surface area contributed by atoms with Gasteiger partial charge in [0.25, 0.3) is 0 Å². The SMILES string of the molecule is Brc1ccc(OCc2ccccc2)cc1.CC1(C)CCC(O)(c2ccc(OCc3ccccc3)cc2)CC1. The average molecular weight is 574 g/mol. The Morgan fingerprint density at radius 2 is 1.03 bits per heavy atom. The standard InChI is InChI=1S/C21H26O2.C13H11BrO/c1-20(2)12-14-21(22,15-13-20)18-8-10-19(11-9-18)23-16-17-6-4-3-5-7-17;14-12-6-8-13(9-7-12)15-10-11-4-2-1-3-5-11/h3-11,22H,12-16H2,1-2H3;1-9H,10H2. The quantitative estimate of drug-likeness (QED) is 0.240. The van der Waals surface area contributed by atoms with Crippen LogP contribution in [0.4, 0.5) is 0 Å². The van der Waals surface area contributed by atoms with Gasteiger partial charge in [-0.1, -0.05) is 103 Å². The van der Waals surface area contributed by atoms with Gasteiger partial charge >= 0.3 is 0 Å². The topological polar surface area (TPSA) is 38.7 Å². The fourth-order valence-corrected chi connectivity index (χ4v) is 4.77. The fraction of sp³-hybridized carbons (Fsp3) is 0.294. The molecule has 1 saturated carbocycles. The van der Waals surface area contributed by atoms with Crippen LogP contribution in [0.25, 0.3) is 0 Å². The first kappa shape index (κ1) is 27.9. The van der Waals surface area contributed by atoms with Gasteiger partial charge in [-0.05, 0) is 84.2 Å². The van der Waals surface area contributed by atoms with E-state index < -0.39 is 5.60 Å². The number of benzene rings is 4. The normalized spacial score (nSPS) is 15.6. The molecule has 0 saturated heterocycles. The molecule has 4 aromatic carbocycles. The molecule has 0 amide bonds. The highest BCUT2D eigenvalue weighted by molar-refractivity contribution is 9.10. The zero-order chi connectivity index (χ0) is 26.8. The molecule has 198 valence electrons. The van der Waals surface area contributed by atoms with E-state index in [1.165, 1.54) is 5.56 Å². The number of halogens is 1. The Hall–Kier alpha value is -3.08. The van der Waals surface area contributed by atoms with Crippen LogP contribution in [-0.2, 0) is 18.8 Å². The van der Waals surface area contributed by atoms with Crippen molar-refractivity contribution in [3.8, 4) is 11.5 Å². The van der Waals surface area contributed by atoms with E-state index in [1.807, 2.05) is 84.9 Å². The van der Waals surface area contributed by atoms with Crippen molar-refractivity contribution in [3.63, 3.8) is 0 Å². The van der Waals surface area contributed by atoms with Crippen LogP contribution >= 0.6 is 15.9 Å². The molecule has 1 fully saturated rings. The van der Waals surface area contributed by atoms with Gasteiger partial charge in [0.05, 0.1) is 5.60 Å². The molecule has 0 unspecified atom stereocenters. The Kier molecular flexibility index (Phi) is 9.65. The fourth-order valence-electron chi connectivity index (χ4n) is 4.50. The second-order valence-electron chi connectivity index (χ2n) is 10.7. The highest BCUT2D eigenvalue weighted by Crippen LogP contribution is 2.45. The summed E-state index contributed by atoms with van der Waals surface area (Å²) in [4.78, 5) is 0. The minimum Gasteiger partial charge on any atom is -0.489 e. The lowest BCUT2D eigenvalue weighted by molar-refractivity contribution is -0.0305. The van der Waals surface area contributed by atoms with Crippen LogP contribution < -0.4 is 9.47 Å². The molecule has 0 radical (unpaired) electrons. The van der Waals surface area contributed by atoms with Gasteiger partial charge in [0.15, 0.2) is 0 Å². The second-order valence-corrected chi connectivity index (χ2v) is 11.6. The van der Waals surface area contributed by atoms with E-state index >= 15 is 0 Å². The number of ether oxygens (including phenoxy) is 2. The Bertz CT molecular complexity index is 1230. The molecule has 1 N–H and O–H groups in total. The maximum atomic E-state index is 10.9. The maximum absolute atomic E-state index is 10.9. The van der Waals surface area contributed by atoms with Crippen molar-refractivity contribution < 1.29 is 14.6 Å². The van der Waals surface area contributed by atoms with E-state index in [4.69, 9.17) is 9.47 Å². The smallest absolute Gasteiger partial charge is 0.119 e. The Morgan fingerprint density at radius 1 is 0.605 bits per heavy atom. The number of aliphatic hydroxyl groups is 1. The van der Waals surface area contributed by atoms with Crippen molar-refractivity contribution in [2.45, 2.75) is 58.3 Å². The highest BCUT2D eigenvalue weighted by Gasteiger charge is 2.37. The van der Waals surface area contributed by atoms with Gasteiger partial charge in [-0.2, -0.15) is 0 Å². The molecule has 3 nitrogen and oxygen atoms in total. The van der Waals surface area contributed by atoms with Crippen molar-refractivity contribution in [1.29, 1.82) is 0 Å². The monoisotopic (exact) mass is 572 g/mol. The molecule has 5 rings (SSSR count). The predicted molar refractivity (Wildman–Crippen MR) is 158 cm³/mol.